The lowest BCUT2D eigenvalue weighted by molar-refractivity contribution is 0.576. The fourth-order valence-electron chi connectivity index (χ4n) is 3.81. The van der Waals surface area contributed by atoms with Crippen molar-refractivity contribution in [1.82, 2.24) is 19.2 Å². The molecule has 0 saturated heterocycles. The molecular weight excluding hydrogens is 396 g/mol. The molecule has 0 saturated carbocycles. The fraction of sp³-hybridized carbons (Fsp3) is 0.261. The Labute approximate surface area is 177 Å². The second-order valence-electron chi connectivity index (χ2n) is 7.86. The van der Waals surface area contributed by atoms with Gasteiger partial charge in [0.15, 0.2) is 11.4 Å². The van der Waals surface area contributed by atoms with Crippen LogP contribution in [0.1, 0.15) is 25.0 Å². The number of nitrogens with zero attached hydrogens (tertiary/aromatic N) is 4. The molecular formula is C23H22N4O2S. The molecule has 0 N–H and O–H groups in total. The molecule has 0 bridgehead atoms. The Morgan fingerprint density at radius 3 is 2.70 bits per heavy atom. The van der Waals surface area contributed by atoms with Crippen molar-refractivity contribution in [3.8, 4) is 11.6 Å². The smallest absolute Gasteiger partial charge is 0.351 e. The lowest BCUT2D eigenvalue weighted by Gasteiger charge is -2.10. The summed E-state index contributed by atoms with van der Waals surface area (Å²) in [6.45, 7) is 4.99. The Kier molecular flexibility index (Phi) is 4.75. The number of hydrogen-bond acceptors (Lipinski definition) is 5. The molecule has 6 nitrogen and oxygen atoms in total. The normalized spacial score (nSPS) is 11.8. The van der Waals surface area contributed by atoms with E-state index in [0.29, 0.717) is 29.7 Å². The highest BCUT2D eigenvalue weighted by molar-refractivity contribution is 7.17. The van der Waals surface area contributed by atoms with Crippen molar-refractivity contribution < 1.29 is 4.42 Å². The standard InChI is InChI=1S/C23H22N4O2S/c1-15(2)13-17-14-30-22-19(17)21-24-20(18-9-6-12-29-18)25-27(21)23(28)26(22)11-10-16-7-4-3-5-8-16/h3-9,12,14-15H,10-11,13H2,1-2H3. The zero-order chi connectivity index (χ0) is 20.7. The van der Waals surface area contributed by atoms with Gasteiger partial charge >= 0.3 is 5.69 Å². The Morgan fingerprint density at radius 2 is 1.97 bits per heavy atom. The zero-order valence-electron chi connectivity index (χ0n) is 16.9. The van der Waals surface area contributed by atoms with Crippen molar-refractivity contribution in [2.24, 2.45) is 5.92 Å². The van der Waals surface area contributed by atoms with Gasteiger partial charge in [0, 0.05) is 6.54 Å². The van der Waals surface area contributed by atoms with Gasteiger partial charge < -0.3 is 4.42 Å². The van der Waals surface area contributed by atoms with Crippen molar-refractivity contribution in [2.45, 2.75) is 33.2 Å². The summed E-state index contributed by atoms with van der Waals surface area (Å²) >= 11 is 1.61. The number of thiophene rings is 1. The van der Waals surface area contributed by atoms with Gasteiger partial charge in [-0.25, -0.2) is 9.78 Å². The van der Waals surface area contributed by atoms with Crippen molar-refractivity contribution in [3.63, 3.8) is 0 Å². The van der Waals surface area contributed by atoms with E-state index in [-0.39, 0.29) is 5.69 Å². The van der Waals surface area contributed by atoms with E-state index in [2.05, 4.69) is 36.5 Å². The minimum atomic E-state index is -0.170. The third-order valence-corrected chi connectivity index (χ3v) is 6.22. The summed E-state index contributed by atoms with van der Waals surface area (Å²) in [6.07, 6.45) is 3.29. The van der Waals surface area contributed by atoms with Gasteiger partial charge in [0.25, 0.3) is 0 Å². The van der Waals surface area contributed by atoms with E-state index < -0.39 is 0 Å². The minimum absolute atomic E-state index is 0.170. The monoisotopic (exact) mass is 418 g/mol. The van der Waals surface area contributed by atoms with E-state index in [1.165, 1.54) is 15.6 Å². The van der Waals surface area contributed by atoms with Crippen molar-refractivity contribution in [1.29, 1.82) is 0 Å². The Bertz CT molecular complexity index is 1360. The number of aryl methyl sites for hydroxylation is 2. The van der Waals surface area contributed by atoms with E-state index >= 15 is 0 Å². The van der Waals surface area contributed by atoms with Gasteiger partial charge in [0.1, 0.15) is 4.83 Å². The molecule has 5 aromatic rings. The van der Waals surface area contributed by atoms with Gasteiger partial charge in [-0.05, 0) is 47.4 Å². The summed E-state index contributed by atoms with van der Waals surface area (Å²) in [7, 11) is 0. The maximum atomic E-state index is 13.4. The maximum absolute atomic E-state index is 13.4. The lowest BCUT2D eigenvalue weighted by Crippen LogP contribution is -2.28. The molecule has 0 atom stereocenters. The van der Waals surface area contributed by atoms with Crippen LogP contribution < -0.4 is 5.69 Å². The first-order valence-electron chi connectivity index (χ1n) is 10.1. The second kappa shape index (κ2) is 7.57. The number of hydrogen-bond donors (Lipinski definition) is 0. The molecule has 4 heterocycles. The van der Waals surface area contributed by atoms with Crippen LogP contribution in [0, 0.1) is 5.92 Å². The lowest BCUT2D eigenvalue weighted by atomic mass is 10.0. The molecule has 0 aliphatic heterocycles. The first-order valence-corrected chi connectivity index (χ1v) is 11.0. The molecule has 5 rings (SSSR count). The first kappa shape index (κ1) is 18.8. The molecule has 0 aliphatic carbocycles. The van der Waals surface area contributed by atoms with E-state index in [0.717, 1.165) is 23.1 Å². The Balaban J connectivity index is 1.71. The summed E-state index contributed by atoms with van der Waals surface area (Å²) < 4.78 is 8.74. The third kappa shape index (κ3) is 3.25. The van der Waals surface area contributed by atoms with Crippen molar-refractivity contribution >= 4 is 27.2 Å². The van der Waals surface area contributed by atoms with Crippen LogP contribution in [0.2, 0.25) is 0 Å². The van der Waals surface area contributed by atoms with Crippen molar-refractivity contribution in [2.75, 3.05) is 0 Å². The van der Waals surface area contributed by atoms with Crippen LogP contribution in [0.15, 0.2) is 63.3 Å². The fourth-order valence-corrected chi connectivity index (χ4v) is 4.92. The molecule has 7 heteroatoms. The molecule has 30 heavy (non-hydrogen) atoms. The molecule has 1 aromatic carbocycles. The average molecular weight is 419 g/mol. The number of benzene rings is 1. The van der Waals surface area contributed by atoms with E-state index in [1.807, 2.05) is 28.8 Å². The van der Waals surface area contributed by atoms with Gasteiger partial charge in [0.2, 0.25) is 5.82 Å². The molecule has 0 fully saturated rings. The van der Waals surface area contributed by atoms with Gasteiger partial charge in [-0.2, -0.15) is 4.52 Å². The molecule has 0 unspecified atom stereocenters. The average Bonchev–Trinajstić information content (AvgIpc) is 3.47. The number of aromatic nitrogens is 4. The van der Waals surface area contributed by atoms with Crippen LogP contribution in [-0.4, -0.2) is 19.2 Å². The molecule has 0 amide bonds. The van der Waals surface area contributed by atoms with Crippen LogP contribution in [-0.2, 0) is 19.4 Å². The summed E-state index contributed by atoms with van der Waals surface area (Å²) in [5.41, 5.74) is 2.85. The second-order valence-corrected chi connectivity index (χ2v) is 8.72. The summed E-state index contributed by atoms with van der Waals surface area (Å²) in [6, 6.07) is 13.8. The third-order valence-electron chi connectivity index (χ3n) is 5.17. The highest BCUT2D eigenvalue weighted by Gasteiger charge is 2.21. The van der Waals surface area contributed by atoms with Gasteiger partial charge in [-0.15, -0.1) is 16.4 Å². The zero-order valence-corrected chi connectivity index (χ0v) is 17.7. The number of furan rings is 1. The van der Waals surface area contributed by atoms with Crippen LogP contribution in [0.3, 0.4) is 0 Å². The summed E-state index contributed by atoms with van der Waals surface area (Å²) in [5.74, 6) is 1.49. The molecule has 0 spiro atoms. The Hall–Kier alpha value is -3.19. The van der Waals surface area contributed by atoms with Crippen molar-refractivity contribution in [3.05, 3.63) is 75.7 Å². The first-order chi connectivity index (χ1) is 14.6. The molecule has 0 radical (unpaired) electrons. The highest BCUT2D eigenvalue weighted by atomic mass is 32.1. The van der Waals surface area contributed by atoms with Gasteiger partial charge in [0.05, 0.1) is 11.6 Å². The van der Waals surface area contributed by atoms with E-state index in [1.54, 1.807) is 23.7 Å². The SMILES string of the molecule is CC(C)Cc1csc2c1c1nc(-c3ccco3)nn1c(=O)n2CCc1ccccc1. The summed E-state index contributed by atoms with van der Waals surface area (Å²) in [4.78, 5) is 19.0. The minimum Gasteiger partial charge on any atom is -0.461 e. The van der Waals surface area contributed by atoms with Gasteiger partial charge in [-0.1, -0.05) is 44.2 Å². The van der Waals surface area contributed by atoms with Crippen LogP contribution in [0.5, 0.6) is 0 Å². The van der Waals surface area contributed by atoms with Gasteiger partial charge in [-0.3, -0.25) is 4.57 Å². The van der Waals surface area contributed by atoms with Crippen LogP contribution >= 0.6 is 11.3 Å². The topological polar surface area (TPSA) is 65.3 Å². The quantitative estimate of drug-likeness (QED) is 0.397. The number of rotatable bonds is 6. The van der Waals surface area contributed by atoms with Crippen LogP contribution in [0.25, 0.3) is 27.4 Å². The van der Waals surface area contributed by atoms with E-state index in [4.69, 9.17) is 9.40 Å². The number of fused-ring (bicyclic) bond motifs is 3. The maximum Gasteiger partial charge on any atom is 0.351 e. The molecule has 4 aromatic heterocycles. The predicted octanol–water partition coefficient (Wildman–Crippen LogP) is 4.81. The Morgan fingerprint density at radius 1 is 1.13 bits per heavy atom. The largest absolute Gasteiger partial charge is 0.461 e. The van der Waals surface area contributed by atoms with E-state index in [9.17, 15) is 4.79 Å². The molecule has 152 valence electrons. The predicted molar refractivity (Wildman–Crippen MR) is 119 cm³/mol. The summed E-state index contributed by atoms with van der Waals surface area (Å²) in [5, 5.41) is 7.68. The highest BCUT2D eigenvalue weighted by Crippen LogP contribution is 2.31. The van der Waals surface area contributed by atoms with Crippen LogP contribution in [0.4, 0.5) is 0 Å². The molecule has 0 aliphatic rings.